The Bertz CT molecular complexity index is 321. The molecule has 84 valence electrons. The molecule has 7 heteroatoms. The van der Waals surface area contributed by atoms with Crippen molar-refractivity contribution in [1.82, 2.24) is 9.97 Å². The zero-order valence-electron chi connectivity index (χ0n) is 7.90. The molecule has 0 saturated carbocycles. The molecule has 0 aliphatic heterocycles. The molecule has 0 fully saturated rings. The lowest BCUT2D eigenvalue weighted by atomic mass is 10.4. The van der Waals surface area contributed by atoms with E-state index in [1.807, 2.05) is 0 Å². The van der Waals surface area contributed by atoms with Gasteiger partial charge in [0.25, 0.3) is 0 Å². The molecule has 15 heavy (non-hydrogen) atoms. The summed E-state index contributed by atoms with van der Waals surface area (Å²) in [6.45, 7) is 0.723. The molecule has 0 aliphatic carbocycles. The van der Waals surface area contributed by atoms with E-state index in [0.717, 1.165) is 0 Å². The minimum absolute atomic E-state index is 0.0198. The molecule has 0 radical (unpaired) electrons. The Morgan fingerprint density at radius 1 is 1.27 bits per heavy atom. The van der Waals surface area contributed by atoms with Crippen LogP contribution in [0.3, 0.4) is 0 Å². The third kappa shape index (κ3) is 3.27. The van der Waals surface area contributed by atoms with Gasteiger partial charge >= 0.3 is 0 Å². The predicted octanol–water partition coefficient (Wildman–Crippen LogP) is 0.683. The Morgan fingerprint density at radius 3 is 2.40 bits per heavy atom. The summed E-state index contributed by atoms with van der Waals surface area (Å²) in [4.78, 5) is 9.56. The van der Waals surface area contributed by atoms with E-state index in [0.29, 0.717) is 28.5 Å². The van der Waals surface area contributed by atoms with Gasteiger partial charge < -0.3 is 15.1 Å². The van der Waals surface area contributed by atoms with E-state index in [2.05, 4.69) is 25.9 Å². The number of anilines is 1. The summed E-state index contributed by atoms with van der Waals surface area (Å²) < 4.78 is 0.563. The molecule has 0 spiro atoms. The summed E-state index contributed by atoms with van der Waals surface area (Å²) in [6.07, 6.45) is 1.34. The second kappa shape index (κ2) is 6.22. The second-order valence-corrected chi connectivity index (χ2v) is 3.89. The van der Waals surface area contributed by atoms with Crippen molar-refractivity contribution < 1.29 is 10.2 Å². The van der Waals surface area contributed by atoms with Crippen molar-refractivity contribution in [2.45, 2.75) is 0 Å². The van der Waals surface area contributed by atoms with Crippen molar-refractivity contribution in [1.29, 1.82) is 0 Å². The van der Waals surface area contributed by atoms with E-state index >= 15 is 0 Å². The van der Waals surface area contributed by atoms with Gasteiger partial charge in [-0.2, -0.15) is 0 Å². The number of halogens is 2. The number of aromatic nitrogens is 2. The first kappa shape index (κ1) is 12.6. The molecule has 0 aromatic carbocycles. The van der Waals surface area contributed by atoms with Gasteiger partial charge in [0.2, 0.25) is 0 Å². The largest absolute Gasteiger partial charge is 0.395 e. The van der Waals surface area contributed by atoms with Crippen LogP contribution in [0.15, 0.2) is 10.8 Å². The molecular weight excluding hydrogens is 285 g/mol. The van der Waals surface area contributed by atoms with Crippen LogP contribution < -0.4 is 4.90 Å². The first-order chi connectivity index (χ1) is 7.20. The van der Waals surface area contributed by atoms with Crippen LogP contribution in [0.25, 0.3) is 0 Å². The first-order valence-electron chi connectivity index (χ1n) is 4.33. The fourth-order valence-electron chi connectivity index (χ4n) is 1.13. The highest BCUT2D eigenvalue weighted by molar-refractivity contribution is 9.10. The standard InChI is InChI=1S/C8H11BrClN3O2/c9-6-7(10)11-5-12-8(6)13(1-3-14)2-4-15/h5,14-15H,1-4H2. The van der Waals surface area contributed by atoms with Crippen LogP contribution in [0, 0.1) is 0 Å². The molecule has 1 aromatic rings. The predicted molar refractivity (Wildman–Crippen MR) is 61.1 cm³/mol. The van der Waals surface area contributed by atoms with Crippen molar-refractivity contribution in [3.8, 4) is 0 Å². The van der Waals surface area contributed by atoms with Crippen molar-refractivity contribution in [2.75, 3.05) is 31.2 Å². The van der Waals surface area contributed by atoms with Crippen LogP contribution >= 0.6 is 27.5 Å². The Morgan fingerprint density at radius 2 is 1.87 bits per heavy atom. The van der Waals surface area contributed by atoms with Crippen LogP contribution in [0.1, 0.15) is 0 Å². The lowest BCUT2D eigenvalue weighted by molar-refractivity contribution is 0.280. The molecule has 1 rings (SSSR count). The Balaban J connectivity index is 2.94. The molecule has 1 aromatic heterocycles. The average Bonchev–Trinajstić information content (AvgIpc) is 2.22. The minimum Gasteiger partial charge on any atom is -0.395 e. The molecule has 0 bridgehead atoms. The number of rotatable bonds is 5. The van der Waals surface area contributed by atoms with E-state index < -0.39 is 0 Å². The SMILES string of the molecule is OCCN(CCO)c1ncnc(Cl)c1Br. The summed E-state index contributed by atoms with van der Waals surface area (Å²) in [5, 5.41) is 18.0. The van der Waals surface area contributed by atoms with Crippen LogP contribution in [-0.2, 0) is 0 Å². The number of hydrogen-bond acceptors (Lipinski definition) is 5. The Labute approximate surface area is 101 Å². The summed E-state index contributed by atoms with van der Waals surface area (Å²) in [7, 11) is 0. The summed E-state index contributed by atoms with van der Waals surface area (Å²) in [5.74, 6) is 0.568. The highest BCUT2D eigenvalue weighted by Gasteiger charge is 2.13. The van der Waals surface area contributed by atoms with Gasteiger partial charge in [-0.05, 0) is 15.9 Å². The maximum atomic E-state index is 8.87. The van der Waals surface area contributed by atoms with Crippen LogP contribution in [0.5, 0.6) is 0 Å². The van der Waals surface area contributed by atoms with E-state index in [-0.39, 0.29) is 13.2 Å². The molecule has 0 unspecified atom stereocenters. The lowest BCUT2D eigenvalue weighted by Gasteiger charge is -2.22. The smallest absolute Gasteiger partial charge is 0.148 e. The van der Waals surface area contributed by atoms with Crippen molar-refractivity contribution >= 4 is 33.3 Å². The quantitative estimate of drug-likeness (QED) is 0.782. The zero-order chi connectivity index (χ0) is 11.3. The lowest BCUT2D eigenvalue weighted by Crippen LogP contribution is -2.30. The topological polar surface area (TPSA) is 69.5 Å². The summed E-state index contributed by atoms with van der Waals surface area (Å²) in [5.41, 5.74) is 0. The molecule has 5 nitrogen and oxygen atoms in total. The van der Waals surface area contributed by atoms with Crippen molar-refractivity contribution in [3.63, 3.8) is 0 Å². The maximum absolute atomic E-state index is 8.87. The second-order valence-electron chi connectivity index (χ2n) is 2.74. The molecule has 0 amide bonds. The van der Waals surface area contributed by atoms with Gasteiger partial charge in [-0.25, -0.2) is 9.97 Å². The number of aliphatic hydroxyl groups is 2. The monoisotopic (exact) mass is 295 g/mol. The fraction of sp³-hybridized carbons (Fsp3) is 0.500. The third-order valence-electron chi connectivity index (χ3n) is 1.77. The van der Waals surface area contributed by atoms with Gasteiger partial charge in [0, 0.05) is 13.1 Å². The number of nitrogens with zero attached hydrogens (tertiary/aromatic N) is 3. The summed E-state index contributed by atoms with van der Waals surface area (Å²) in [6, 6.07) is 0. The van der Waals surface area contributed by atoms with Crippen molar-refractivity contribution in [2.24, 2.45) is 0 Å². The Kier molecular flexibility index (Phi) is 5.24. The van der Waals surface area contributed by atoms with Gasteiger partial charge in [0.1, 0.15) is 17.3 Å². The molecule has 0 saturated heterocycles. The van der Waals surface area contributed by atoms with Gasteiger partial charge in [0.05, 0.1) is 17.7 Å². The molecule has 1 heterocycles. The maximum Gasteiger partial charge on any atom is 0.148 e. The van der Waals surface area contributed by atoms with E-state index in [1.54, 1.807) is 4.90 Å². The highest BCUT2D eigenvalue weighted by Crippen LogP contribution is 2.28. The first-order valence-corrected chi connectivity index (χ1v) is 5.50. The van der Waals surface area contributed by atoms with Gasteiger partial charge in [-0.1, -0.05) is 11.6 Å². The fourth-order valence-corrected chi connectivity index (χ4v) is 1.71. The Hall–Kier alpha value is -0.430. The van der Waals surface area contributed by atoms with Crippen LogP contribution in [-0.4, -0.2) is 46.5 Å². The van der Waals surface area contributed by atoms with Gasteiger partial charge in [-0.3, -0.25) is 0 Å². The normalized spacial score (nSPS) is 10.4. The minimum atomic E-state index is -0.0198. The third-order valence-corrected chi connectivity index (χ3v) is 3.01. The van der Waals surface area contributed by atoms with E-state index in [9.17, 15) is 0 Å². The van der Waals surface area contributed by atoms with Crippen LogP contribution in [0.4, 0.5) is 5.82 Å². The molecule has 2 N–H and O–H groups in total. The highest BCUT2D eigenvalue weighted by atomic mass is 79.9. The van der Waals surface area contributed by atoms with Crippen molar-refractivity contribution in [3.05, 3.63) is 16.0 Å². The van der Waals surface area contributed by atoms with Crippen LogP contribution in [0.2, 0.25) is 5.15 Å². The summed E-state index contributed by atoms with van der Waals surface area (Å²) >= 11 is 9.07. The van der Waals surface area contributed by atoms with Gasteiger partial charge in [-0.15, -0.1) is 0 Å². The van der Waals surface area contributed by atoms with E-state index in [1.165, 1.54) is 6.33 Å². The molecule has 0 aliphatic rings. The molecule has 0 atom stereocenters. The number of aliphatic hydroxyl groups excluding tert-OH is 2. The van der Waals surface area contributed by atoms with E-state index in [4.69, 9.17) is 21.8 Å². The molecular formula is C8H11BrClN3O2. The van der Waals surface area contributed by atoms with Gasteiger partial charge in [0.15, 0.2) is 0 Å². The average molecular weight is 297 g/mol. The number of hydrogen-bond donors (Lipinski definition) is 2. The zero-order valence-corrected chi connectivity index (χ0v) is 10.2.